The van der Waals surface area contributed by atoms with Crippen molar-refractivity contribution in [2.45, 2.75) is 18.6 Å². The van der Waals surface area contributed by atoms with Crippen molar-refractivity contribution in [1.29, 1.82) is 0 Å². The van der Waals surface area contributed by atoms with Gasteiger partial charge in [-0.3, -0.25) is 4.99 Å². The van der Waals surface area contributed by atoms with Crippen LogP contribution in [0.15, 0.2) is 59.6 Å². The molecule has 2 aromatic rings. The minimum atomic E-state index is -0.915. The summed E-state index contributed by atoms with van der Waals surface area (Å²) in [5.74, 6) is 0.959. The van der Waals surface area contributed by atoms with Crippen LogP contribution in [0.3, 0.4) is 0 Å². The molecule has 0 fully saturated rings. The molecule has 0 aromatic heterocycles. The molecule has 2 aromatic carbocycles. The van der Waals surface area contributed by atoms with E-state index < -0.39 is 5.72 Å². The Labute approximate surface area is 124 Å². The third kappa shape index (κ3) is 1.88. The molecule has 0 aliphatic carbocycles. The average Bonchev–Trinajstić information content (AvgIpc) is 3.11. The number of benzene rings is 2. The summed E-state index contributed by atoms with van der Waals surface area (Å²) < 4.78 is 0. The van der Waals surface area contributed by atoms with E-state index in [1.807, 2.05) is 36.4 Å². The zero-order valence-corrected chi connectivity index (χ0v) is 11.9. The van der Waals surface area contributed by atoms with E-state index in [1.54, 1.807) is 0 Å². The molecule has 0 saturated carbocycles. The van der Waals surface area contributed by atoms with Crippen molar-refractivity contribution in [2.75, 3.05) is 13.1 Å². The molecule has 1 atom stereocenters. The van der Waals surface area contributed by atoms with Gasteiger partial charge in [0.1, 0.15) is 5.84 Å². The van der Waals surface area contributed by atoms with Gasteiger partial charge in [-0.2, -0.15) is 0 Å². The van der Waals surface area contributed by atoms with Gasteiger partial charge in [0.25, 0.3) is 0 Å². The van der Waals surface area contributed by atoms with Gasteiger partial charge in [-0.1, -0.05) is 54.6 Å². The van der Waals surface area contributed by atoms with Crippen molar-refractivity contribution in [3.05, 3.63) is 71.3 Å². The Hall–Kier alpha value is -2.13. The van der Waals surface area contributed by atoms with Crippen LogP contribution in [0.25, 0.3) is 0 Å². The number of nitrogens with zero attached hydrogens (tertiary/aromatic N) is 2. The van der Waals surface area contributed by atoms with Gasteiger partial charge in [0.2, 0.25) is 0 Å². The molecule has 3 nitrogen and oxygen atoms in total. The summed E-state index contributed by atoms with van der Waals surface area (Å²) >= 11 is 0. The van der Waals surface area contributed by atoms with Gasteiger partial charge in [-0.15, -0.1) is 0 Å². The third-order valence-electron chi connectivity index (χ3n) is 4.49. The first-order chi connectivity index (χ1) is 10.3. The lowest BCUT2D eigenvalue weighted by atomic mass is 9.94. The summed E-state index contributed by atoms with van der Waals surface area (Å²) in [6.45, 7) is 1.58. The summed E-state index contributed by atoms with van der Waals surface area (Å²) in [5, 5.41) is 11.3. The van der Waals surface area contributed by atoms with Crippen LogP contribution in [0.5, 0.6) is 0 Å². The predicted octanol–water partition coefficient (Wildman–Crippen LogP) is 2.54. The fourth-order valence-corrected chi connectivity index (χ4v) is 3.44. The van der Waals surface area contributed by atoms with E-state index in [4.69, 9.17) is 0 Å². The van der Waals surface area contributed by atoms with E-state index in [-0.39, 0.29) is 0 Å². The van der Waals surface area contributed by atoms with Crippen molar-refractivity contribution < 1.29 is 5.11 Å². The molecule has 0 spiro atoms. The third-order valence-corrected chi connectivity index (χ3v) is 4.49. The van der Waals surface area contributed by atoms with Crippen LogP contribution in [0.4, 0.5) is 0 Å². The zero-order chi connectivity index (χ0) is 14.3. The second-order valence-electron chi connectivity index (χ2n) is 5.70. The second kappa shape index (κ2) is 4.71. The molecule has 4 rings (SSSR count). The Morgan fingerprint density at radius 1 is 1.05 bits per heavy atom. The number of aryl methyl sites for hydroxylation is 1. The number of rotatable bonds is 3. The van der Waals surface area contributed by atoms with Crippen LogP contribution >= 0.6 is 0 Å². The van der Waals surface area contributed by atoms with E-state index in [9.17, 15) is 5.11 Å². The van der Waals surface area contributed by atoms with Gasteiger partial charge >= 0.3 is 0 Å². The Balaban J connectivity index is 1.68. The Morgan fingerprint density at radius 3 is 2.67 bits per heavy atom. The van der Waals surface area contributed by atoms with Crippen LogP contribution < -0.4 is 0 Å². The molecule has 0 saturated heterocycles. The van der Waals surface area contributed by atoms with Crippen LogP contribution in [-0.4, -0.2) is 28.9 Å². The van der Waals surface area contributed by atoms with Gasteiger partial charge in [0.05, 0.1) is 6.54 Å². The predicted molar refractivity (Wildman–Crippen MR) is 83.2 cm³/mol. The van der Waals surface area contributed by atoms with Gasteiger partial charge in [0, 0.05) is 24.1 Å². The smallest absolute Gasteiger partial charge is 0.166 e. The fraction of sp³-hybridized carbons (Fsp3) is 0.278. The quantitative estimate of drug-likeness (QED) is 0.936. The maximum absolute atomic E-state index is 11.3. The lowest BCUT2D eigenvalue weighted by Crippen LogP contribution is -2.43. The van der Waals surface area contributed by atoms with Crippen molar-refractivity contribution in [3.8, 4) is 0 Å². The van der Waals surface area contributed by atoms with Gasteiger partial charge in [-0.25, -0.2) is 0 Å². The standard InChI is InChI=1S/C18H18N2O/c21-18(11-10-14-6-2-1-3-7-14)16-9-5-4-8-15(16)17-19-12-13-20(17)18/h1-9,21H,10-13H2. The molecule has 1 N–H and O–H groups in total. The van der Waals surface area contributed by atoms with E-state index in [2.05, 4.69) is 28.1 Å². The Morgan fingerprint density at radius 2 is 1.81 bits per heavy atom. The highest BCUT2D eigenvalue weighted by atomic mass is 16.3. The van der Waals surface area contributed by atoms with E-state index in [1.165, 1.54) is 5.56 Å². The lowest BCUT2D eigenvalue weighted by Gasteiger charge is -2.33. The van der Waals surface area contributed by atoms with E-state index in [0.717, 1.165) is 36.5 Å². The summed E-state index contributed by atoms with van der Waals surface area (Å²) in [7, 11) is 0. The van der Waals surface area contributed by atoms with E-state index in [0.29, 0.717) is 6.42 Å². The second-order valence-corrected chi connectivity index (χ2v) is 5.70. The van der Waals surface area contributed by atoms with Crippen LogP contribution in [0.1, 0.15) is 23.1 Å². The highest BCUT2D eigenvalue weighted by Gasteiger charge is 2.47. The van der Waals surface area contributed by atoms with Gasteiger partial charge in [-0.05, 0) is 12.0 Å². The molecule has 2 aliphatic heterocycles. The first-order valence-electron chi connectivity index (χ1n) is 7.47. The van der Waals surface area contributed by atoms with Gasteiger partial charge < -0.3 is 10.0 Å². The minimum absolute atomic E-state index is 0.688. The van der Waals surface area contributed by atoms with Crippen molar-refractivity contribution in [2.24, 2.45) is 4.99 Å². The molecule has 1 unspecified atom stereocenters. The average molecular weight is 278 g/mol. The number of amidine groups is 1. The Bertz CT molecular complexity index is 695. The van der Waals surface area contributed by atoms with Crippen molar-refractivity contribution >= 4 is 5.84 Å². The van der Waals surface area contributed by atoms with E-state index >= 15 is 0 Å². The lowest BCUT2D eigenvalue weighted by molar-refractivity contribution is -0.0711. The molecule has 2 heterocycles. The first kappa shape index (κ1) is 12.6. The number of hydrogen-bond acceptors (Lipinski definition) is 3. The molecular weight excluding hydrogens is 260 g/mol. The highest BCUT2D eigenvalue weighted by Crippen LogP contribution is 2.42. The number of hydrogen-bond donors (Lipinski definition) is 1. The summed E-state index contributed by atoms with van der Waals surface area (Å²) in [6, 6.07) is 18.4. The first-order valence-corrected chi connectivity index (χ1v) is 7.47. The molecule has 0 amide bonds. The molecule has 106 valence electrons. The van der Waals surface area contributed by atoms with Crippen LogP contribution in [0.2, 0.25) is 0 Å². The van der Waals surface area contributed by atoms with Crippen LogP contribution in [0, 0.1) is 0 Å². The monoisotopic (exact) mass is 278 g/mol. The largest absolute Gasteiger partial charge is 0.367 e. The summed E-state index contributed by atoms with van der Waals surface area (Å²) in [5.41, 5.74) is 2.43. The Kier molecular flexibility index (Phi) is 2.82. The number of aliphatic imine (C=N–C) groups is 1. The van der Waals surface area contributed by atoms with Crippen LogP contribution in [-0.2, 0) is 12.1 Å². The minimum Gasteiger partial charge on any atom is -0.367 e. The number of aliphatic hydroxyl groups is 1. The summed E-state index contributed by atoms with van der Waals surface area (Å²) in [4.78, 5) is 6.64. The van der Waals surface area contributed by atoms with Gasteiger partial charge in [0.15, 0.2) is 5.72 Å². The topological polar surface area (TPSA) is 35.8 Å². The maximum Gasteiger partial charge on any atom is 0.166 e. The zero-order valence-electron chi connectivity index (χ0n) is 11.9. The highest BCUT2D eigenvalue weighted by molar-refractivity contribution is 6.04. The molecule has 3 heteroatoms. The van der Waals surface area contributed by atoms with Crippen molar-refractivity contribution in [1.82, 2.24) is 4.90 Å². The van der Waals surface area contributed by atoms with Crippen molar-refractivity contribution in [3.63, 3.8) is 0 Å². The molecule has 21 heavy (non-hydrogen) atoms. The summed E-state index contributed by atoms with van der Waals surface area (Å²) in [6.07, 6.45) is 1.54. The fourth-order valence-electron chi connectivity index (χ4n) is 3.44. The SMILES string of the molecule is OC1(CCc2ccccc2)c2ccccc2C2=NCCN21. The maximum atomic E-state index is 11.3. The molecule has 2 aliphatic rings. The molecule has 0 radical (unpaired) electrons. The molecule has 0 bridgehead atoms. The number of fused-ring (bicyclic) bond motifs is 3. The molecular formula is C18H18N2O. The normalized spacial score (nSPS) is 22.9.